The minimum absolute atomic E-state index is 0.263. The Bertz CT molecular complexity index is 1330. The van der Waals surface area contributed by atoms with E-state index in [-0.39, 0.29) is 10.7 Å². The van der Waals surface area contributed by atoms with E-state index in [4.69, 9.17) is 0 Å². The topological polar surface area (TPSA) is 99.3 Å². The van der Waals surface area contributed by atoms with Crippen LogP contribution in [0.3, 0.4) is 0 Å². The second-order valence-electron chi connectivity index (χ2n) is 10.2. The van der Waals surface area contributed by atoms with Gasteiger partial charge in [0.05, 0.1) is 4.90 Å². The molecule has 0 spiro atoms. The van der Waals surface area contributed by atoms with Crippen molar-refractivity contribution >= 4 is 33.2 Å². The Morgan fingerprint density at radius 3 is 2.51 bits per heavy atom. The van der Waals surface area contributed by atoms with Crippen LogP contribution in [0, 0.1) is 24.6 Å². The van der Waals surface area contributed by atoms with Crippen molar-refractivity contribution in [2.24, 2.45) is 11.8 Å². The van der Waals surface area contributed by atoms with Crippen molar-refractivity contribution in [3.05, 3.63) is 66.1 Å². The van der Waals surface area contributed by atoms with Crippen LogP contribution in [0.25, 0.3) is 0 Å². The zero-order valence-corrected chi connectivity index (χ0v) is 23.8. The average Bonchev–Trinajstić information content (AvgIpc) is 2.94. The molecule has 1 aliphatic heterocycles. The van der Waals surface area contributed by atoms with Crippen molar-refractivity contribution < 1.29 is 12.8 Å². The molecule has 3 N–H and O–H groups in total. The summed E-state index contributed by atoms with van der Waals surface area (Å²) in [5.74, 6) is 1.63. The summed E-state index contributed by atoms with van der Waals surface area (Å²) >= 11 is 0. The summed E-state index contributed by atoms with van der Waals surface area (Å²) in [7, 11) is -3.57. The Labute approximate surface area is 231 Å². The number of nitrogens with zero attached hydrogens (tertiary/aromatic N) is 3. The number of halogens is 1. The zero-order valence-electron chi connectivity index (χ0n) is 23.0. The molecule has 1 fully saturated rings. The van der Waals surface area contributed by atoms with Gasteiger partial charge in [-0.2, -0.15) is 9.29 Å². The van der Waals surface area contributed by atoms with E-state index in [1.807, 2.05) is 0 Å². The molecular formula is C29H39FN6O2S. The van der Waals surface area contributed by atoms with Crippen LogP contribution < -0.4 is 16.0 Å². The molecule has 210 valence electrons. The van der Waals surface area contributed by atoms with Crippen LogP contribution in [0.5, 0.6) is 0 Å². The van der Waals surface area contributed by atoms with E-state index >= 15 is 0 Å². The maximum absolute atomic E-state index is 13.6. The fraction of sp³-hybridized carbons (Fsp3) is 0.448. The molecule has 2 heterocycles. The van der Waals surface area contributed by atoms with E-state index in [2.05, 4.69) is 39.8 Å². The zero-order chi connectivity index (χ0) is 27.8. The summed E-state index contributed by atoms with van der Waals surface area (Å²) in [6.07, 6.45) is 5.83. The highest BCUT2D eigenvalue weighted by Gasteiger charge is 2.30. The largest absolute Gasteiger partial charge is 0.340 e. The number of nitrogens with one attached hydrogen (secondary N) is 3. The van der Waals surface area contributed by atoms with Crippen molar-refractivity contribution in [1.29, 1.82) is 0 Å². The van der Waals surface area contributed by atoms with E-state index in [0.717, 1.165) is 44.5 Å². The molecule has 2 aromatic carbocycles. The molecule has 1 aliphatic rings. The second kappa shape index (κ2) is 13.3. The van der Waals surface area contributed by atoms with E-state index < -0.39 is 10.0 Å². The highest BCUT2D eigenvalue weighted by atomic mass is 32.2. The first-order valence-electron chi connectivity index (χ1n) is 13.7. The minimum atomic E-state index is -3.57. The van der Waals surface area contributed by atoms with Gasteiger partial charge in [0.2, 0.25) is 16.0 Å². The number of aryl methyl sites for hydroxylation is 1. The van der Waals surface area contributed by atoms with Crippen molar-refractivity contribution in [2.75, 3.05) is 36.8 Å². The summed E-state index contributed by atoms with van der Waals surface area (Å²) < 4.78 is 41.9. The van der Waals surface area contributed by atoms with Crippen molar-refractivity contribution in [2.45, 2.75) is 51.3 Å². The van der Waals surface area contributed by atoms with Crippen LogP contribution in [0.4, 0.5) is 27.5 Å². The molecule has 3 aromatic rings. The molecule has 1 saturated heterocycles. The van der Waals surface area contributed by atoms with Crippen LogP contribution in [0.1, 0.15) is 45.1 Å². The van der Waals surface area contributed by atoms with Gasteiger partial charge < -0.3 is 16.0 Å². The fourth-order valence-corrected chi connectivity index (χ4v) is 6.38. The molecule has 1 aromatic heterocycles. The average molecular weight is 555 g/mol. The van der Waals surface area contributed by atoms with Gasteiger partial charge in [-0.15, -0.1) is 0 Å². The maximum Gasteiger partial charge on any atom is 0.243 e. The van der Waals surface area contributed by atoms with Gasteiger partial charge >= 0.3 is 0 Å². The molecule has 0 amide bonds. The first-order valence-corrected chi connectivity index (χ1v) is 15.2. The van der Waals surface area contributed by atoms with Gasteiger partial charge in [0.15, 0.2) is 0 Å². The summed E-state index contributed by atoms with van der Waals surface area (Å²) in [6.45, 7) is 9.05. The molecule has 0 aliphatic carbocycles. The number of sulfonamides is 1. The molecule has 1 atom stereocenters. The summed E-state index contributed by atoms with van der Waals surface area (Å²) in [5, 5.41) is 9.82. The van der Waals surface area contributed by atoms with E-state index in [1.165, 1.54) is 6.07 Å². The van der Waals surface area contributed by atoms with Gasteiger partial charge in [0, 0.05) is 30.7 Å². The van der Waals surface area contributed by atoms with Gasteiger partial charge in [-0.3, -0.25) is 0 Å². The quantitative estimate of drug-likeness (QED) is 0.259. The molecule has 10 heteroatoms. The second-order valence-corrected chi connectivity index (χ2v) is 12.2. The highest BCUT2D eigenvalue weighted by Crippen LogP contribution is 2.26. The number of piperidine rings is 1. The number of anilines is 4. The number of hydrogen-bond acceptors (Lipinski definition) is 7. The van der Waals surface area contributed by atoms with Crippen LogP contribution in [0.2, 0.25) is 0 Å². The molecule has 4 rings (SSSR count). The van der Waals surface area contributed by atoms with E-state index in [1.54, 1.807) is 59.9 Å². The fourth-order valence-electron chi connectivity index (χ4n) is 4.83. The Morgan fingerprint density at radius 1 is 1.05 bits per heavy atom. The van der Waals surface area contributed by atoms with Crippen LogP contribution in [-0.4, -0.2) is 48.9 Å². The van der Waals surface area contributed by atoms with Crippen molar-refractivity contribution in [3.63, 3.8) is 0 Å². The lowest BCUT2D eigenvalue weighted by Gasteiger charge is -2.32. The highest BCUT2D eigenvalue weighted by molar-refractivity contribution is 7.89. The number of hydrogen-bond donors (Lipinski definition) is 3. The van der Waals surface area contributed by atoms with Gasteiger partial charge in [0.1, 0.15) is 11.6 Å². The lowest BCUT2D eigenvalue weighted by atomic mass is 9.98. The third-order valence-corrected chi connectivity index (χ3v) is 9.22. The minimum Gasteiger partial charge on any atom is -0.340 e. The molecule has 1 unspecified atom stereocenters. The predicted octanol–water partition coefficient (Wildman–Crippen LogP) is 5.84. The molecule has 8 nitrogen and oxygen atoms in total. The normalized spacial score (nSPS) is 16.4. The number of aromatic nitrogens is 2. The SMILES string of the molecule is CCC(CC)CNCC1CCCN(S(=O)(=O)c2ccc(Nc3nccc(Nc4ccc(F)c(C)c4)n3)cc2)C1. The summed E-state index contributed by atoms with van der Waals surface area (Å²) in [5.41, 5.74) is 1.93. The molecular weight excluding hydrogens is 515 g/mol. The molecule has 39 heavy (non-hydrogen) atoms. The van der Waals surface area contributed by atoms with Gasteiger partial charge in [-0.25, -0.2) is 17.8 Å². The van der Waals surface area contributed by atoms with Crippen molar-refractivity contribution in [3.8, 4) is 0 Å². The van der Waals surface area contributed by atoms with Gasteiger partial charge in [-0.1, -0.05) is 26.7 Å². The first-order chi connectivity index (χ1) is 18.8. The lowest BCUT2D eigenvalue weighted by Crippen LogP contribution is -2.43. The van der Waals surface area contributed by atoms with Gasteiger partial charge in [0.25, 0.3) is 0 Å². The van der Waals surface area contributed by atoms with Crippen LogP contribution in [0.15, 0.2) is 59.6 Å². The molecule has 0 saturated carbocycles. The summed E-state index contributed by atoms with van der Waals surface area (Å²) in [6, 6.07) is 13.2. The molecule has 0 bridgehead atoms. The first kappa shape index (κ1) is 28.9. The van der Waals surface area contributed by atoms with E-state index in [9.17, 15) is 12.8 Å². The molecule has 0 radical (unpaired) electrons. The van der Waals surface area contributed by atoms with Crippen LogP contribution >= 0.6 is 0 Å². The third kappa shape index (κ3) is 7.74. The predicted molar refractivity (Wildman–Crippen MR) is 155 cm³/mol. The summed E-state index contributed by atoms with van der Waals surface area (Å²) in [4.78, 5) is 8.99. The van der Waals surface area contributed by atoms with E-state index in [0.29, 0.717) is 47.9 Å². The third-order valence-electron chi connectivity index (χ3n) is 7.34. The Balaban J connectivity index is 1.36. The van der Waals surface area contributed by atoms with Crippen LogP contribution in [-0.2, 0) is 10.0 Å². The van der Waals surface area contributed by atoms with Gasteiger partial charge in [-0.05, 0) is 98.8 Å². The number of benzene rings is 2. The standard InChI is InChI=1S/C29H39FN6O2S/c1-4-22(5-2)18-31-19-23-7-6-16-36(20-23)39(37,38)26-11-8-24(9-12-26)34-29-32-15-14-28(35-29)33-25-10-13-27(30)21(3)17-25/h8-15,17,22-23,31H,4-7,16,18-20H2,1-3H3,(H2,32,33,34,35). The monoisotopic (exact) mass is 554 g/mol. The Hall–Kier alpha value is -3.08. The van der Waals surface area contributed by atoms with Crippen molar-refractivity contribution in [1.82, 2.24) is 19.6 Å². The number of rotatable bonds is 12. The Morgan fingerprint density at radius 2 is 1.79 bits per heavy atom. The smallest absolute Gasteiger partial charge is 0.243 e. The Kier molecular flexibility index (Phi) is 9.88. The lowest BCUT2D eigenvalue weighted by molar-refractivity contribution is 0.256. The maximum atomic E-state index is 13.6.